The molecule has 3 saturated carbocycles. The highest BCUT2D eigenvalue weighted by atomic mass is 35.5. The van der Waals surface area contributed by atoms with Crippen LogP contribution in [0.5, 0.6) is 11.5 Å². The molecular weight excluding hydrogens is 498 g/mol. The molecule has 4 aliphatic rings. The molecule has 2 amide bonds. The Hall–Kier alpha value is -2.84. The van der Waals surface area contributed by atoms with Gasteiger partial charge >= 0.3 is 0 Å². The standard InChI is InChI=1S/C25H23Cl2FN2O5/c26-14-1-4-22-17(5-14)21(31)7-16(35-22)11-29-24(33)18-10-25(8-13(18)9-25)30-23(32)12-34-15-2-3-19(27)20(28)6-15/h1-6,13,16,18H,7-12H2,(H,29,33)(H,30,32). The van der Waals surface area contributed by atoms with Gasteiger partial charge in [-0.1, -0.05) is 23.2 Å². The van der Waals surface area contributed by atoms with Gasteiger partial charge in [0, 0.05) is 29.0 Å². The van der Waals surface area contributed by atoms with Crippen molar-refractivity contribution < 1.29 is 28.2 Å². The first-order chi connectivity index (χ1) is 16.7. The van der Waals surface area contributed by atoms with Crippen LogP contribution in [0.4, 0.5) is 4.39 Å². The van der Waals surface area contributed by atoms with E-state index in [-0.39, 0.29) is 59.8 Å². The Kier molecular flexibility index (Phi) is 6.36. The molecule has 0 saturated heterocycles. The zero-order valence-corrected chi connectivity index (χ0v) is 20.1. The van der Waals surface area contributed by atoms with Gasteiger partial charge in [0.25, 0.3) is 5.91 Å². The molecule has 6 rings (SSSR count). The highest BCUT2D eigenvalue weighted by molar-refractivity contribution is 6.31. The van der Waals surface area contributed by atoms with E-state index in [4.69, 9.17) is 32.7 Å². The molecule has 2 N–H and O–H groups in total. The summed E-state index contributed by atoms with van der Waals surface area (Å²) in [4.78, 5) is 37.6. The van der Waals surface area contributed by atoms with Crippen LogP contribution in [0.25, 0.3) is 0 Å². The van der Waals surface area contributed by atoms with Crippen molar-refractivity contribution in [1.82, 2.24) is 10.6 Å². The number of hydrogen-bond acceptors (Lipinski definition) is 5. The molecule has 7 nitrogen and oxygen atoms in total. The lowest BCUT2D eigenvalue weighted by Crippen LogP contribution is -2.53. The number of benzene rings is 2. The summed E-state index contributed by atoms with van der Waals surface area (Å²) in [5.41, 5.74) is 0.0352. The van der Waals surface area contributed by atoms with Crippen molar-refractivity contribution in [3.63, 3.8) is 0 Å². The molecule has 1 aliphatic heterocycles. The van der Waals surface area contributed by atoms with Crippen LogP contribution in [0.1, 0.15) is 36.0 Å². The minimum Gasteiger partial charge on any atom is -0.487 e. The Morgan fingerprint density at radius 3 is 2.71 bits per heavy atom. The molecule has 3 aliphatic carbocycles. The molecule has 2 bridgehead atoms. The second kappa shape index (κ2) is 9.32. The minimum atomic E-state index is -0.619. The number of ether oxygens (including phenoxy) is 2. The summed E-state index contributed by atoms with van der Waals surface area (Å²) in [5.74, 6) is -0.456. The summed E-state index contributed by atoms with van der Waals surface area (Å²) in [6.45, 7) is -0.0369. The van der Waals surface area contributed by atoms with Crippen LogP contribution in [0.15, 0.2) is 36.4 Å². The van der Waals surface area contributed by atoms with Gasteiger partial charge in [-0.25, -0.2) is 4.39 Å². The fourth-order valence-corrected chi connectivity index (χ4v) is 5.60. The summed E-state index contributed by atoms with van der Waals surface area (Å²) < 4.78 is 24.7. The maximum absolute atomic E-state index is 13.5. The number of hydrogen-bond donors (Lipinski definition) is 2. The van der Waals surface area contributed by atoms with E-state index in [0.717, 1.165) is 18.9 Å². The topological polar surface area (TPSA) is 93.7 Å². The summed E-state index contributed by atoms with van der Waals surface area (Å²) in [6, 6.07) is 8.89. The lowest BCUT2D eigenvalue weighted by Gasteiger charge is -2.39. The summed E-state index contributed by atoms with van der Waals surface area (Å²) in [5, 5.41) is 6.35. The highest BCUT2D eigenvalue weighted by Gasteiger charge is 2.58. The smallest absolute Gasteiger partial charge is 0.258 e. The van der Waals surface area contributed by atoms with Gasteiger partial charge in [0.15, 0.2) is 12.4 Å². The molecular formula is C25H23Cl2FN2O5. The van der Waals surface area contributed by atoms with Crippen LogP contribution >= 0.6 is 23.2 Å². The van der Waals surface area contributed by atoms with Crippen LogP contribution in [0.3, 0.4) is 0 Å². The molecule has 35 heavy (non-hydrogen) atoms. The SMILES string of the molecule is O=C(COc1ccc(Cl)c(F)c1)NC12CC(C1)C(C(=O)NCC1CC(=O)c3cc(Cl)ccc3O1)C2. The number of rotatable bonds is 7. The Bertz CT molecular complexity index is 1200. The van der Waals surface area contributed by atoms with Gasteiger partial charge in [0.1, 0.15) is 23.4 Å². The van der Waals surface area contributed by atoms with Gasteiger partial charge in [-0.05, 0) is 55.5 Å². The van der Waals surface area contributed by atoms with Crippen molar-refractivity contribution in [3.05, 3.63) is 57.8 Å². The third-order valence-electron chi connectivity index (χ3n) is 6.94. The Balaban J connectivity index is 1.09. The lowest BCUT2D eigenvalue weighted by molar-refractivity contribution is -0.126. The number of nitrogens with one attached hydrogen (secondary N) is 2. The van der Waals surface area contributed by atoms with Crippen LogP contribution in [-0.2, 0) is 9.59 Å². The van der Waals surface area contributed by atoms with Crippen molar-refractivity contribution in [1.29, 1.82) is 0 Å². The monoisotopic (exact) mass is 520 g/mol. The number of fused-ring (bicyclic) bond motifs is 2. The third-order valence-corrected chi connectivity index (χ3v) is 7.48. The predicted octanol–water partition coefficient (Wildman–Crippen LogP) is 3.95. The van der Waals surface area contributed by atoms with E-state index in [1.807, 2.05) is 0 Å². The van der Waals surface area contributed by atoms with E-state index >= 15 is 0 Å². The number of Topliss-reactive ketones (excluding diaryl/α,β-unsaturated/α-hetero) is 1. The summed E-state index contributed by atoms with van der Waals surface area (Å²) in [6.07, 6.45) is 1.70. The van der Waals surface area contributed by atoms with Gasteiger partial charge in [-0.2, -0.15) is 0 Å². The maximum atomic E-state index is 13.5. The van der Waals surface area contributed by atoms with Crippen molar-refractivity contribution in [3.8, 4) is 11.5 Å². The van der Waals surface area contributed by atoms with Gasteiger partial charge in [-0.3, -0.25) is 14.4 Å². The molecule has 0 spiro atoms. The second-order valence-electron chi connectivity index (χ2n) is 9.42. The fraction of sp³-hybridized carbons (Fsp3) is 0.400. The van der Waals surface area contributed by atoms with Crippen molar-refractivity contribution in [2.75, 3.05) is 13.2 Å². The van der Waals surface area contributed by atoms with Crippen molar-refractivity contribution in [2.24, 2.45) is 11.8 Å². The molecule has 10 heteroatoms. The molecule has 184 valence electrons. The predicted molar refractivity (Wildman–Crippen MR) is 126 cm³/mol. The van der Waals surface area contributed by atoms with Crippen LogP contribution in [0.2, 0.25) is 10.0 Å². The van der Waals surface area contributed by atoms with Crippen LogP contribution in [0, 0.1) is 17.7 Å². The summed E-state index contributed by atoms with van der Waals surface area (Å²) in [7, 11) is 0. The fourth-order valence-electron chi connectivity index (χ4n) is 5.31. The third kappa shape index (κ3) is 4.95. The first-order valence-electron chi connectivity index (χ1n) is 11.4. The maximum Gasteiger partial charge on any atom is 0.258 e. The molecule has 2 unspecified atom stereocenters. The van der Waals surface area contributed by atoms with Gasteiger partial charge in [-0.15, -0.1) is 0 Å². The van der Waals surface area contributed by atoms with Gasteiger partial charge in [0.2, 0.25) is 5.91 Å². The van der Waals surface area contributed by atoms with Crippen molar-refractivity contribution >= 4 is 40.8 Å². The van der Waals surface area contributed by atoms with E-state index in [1.165, 1.54) is 12.1 Å². The number of ketones is 1. The number of halogens is 3. The molecule has 0 radical (unpaired) electrons. The van der Waals surface area contributed by atoms with E-state index in [1.54, 1.807) is 18.2 Å². The average molecular weight is 521 g/mol. The Morgan fingerprint density at radius 2 is 1.94 bits per heavy atom. The minimum absolute atomic E-state index is 0.0205. The first kappa shape index (κ1) is 23.9. The summed E-state index contributed by atoms with van der Waals surface area (Å²) >= 11 is 11.6. The Morgan fingerprint density at radius 1 is 1.14 bits per heavy atom. The number of carbonyl (C=O) groups excluding carboxylic acids is 3. The van der Waals surface area contributed by atoms with E-state index < -0.39 is 17.5 Å². The van der Waals surface area contributed by atoms with Gasteiger partial charge < -0.3 is 20.1 Å². The molecule has 2 aromatic rings. The van der Waals surface area contributed by atoms with E-state index in [0.29, 0.717) is 22.8 Å². The second-order valence-corrected chi connectivity index (χ2v) is 10.3. The van der Waals surface area contributed by atoms with E-state index in [9.17, 15) is 18.8 Å². The quantitative estimate of drug-likeness (QED) is 0.576. The van der Waals surface area contributed by atoms with Crippen LogP contribution in [-0.4, -0.2) is 42.4 Å². The molecule has 2 aromatic carbocycles. The molecule has 0 aromatic heterocycles. The van der Waals surface area contributed by atoms with Gasteiger partial charge in [0.05, 0.1) is 17.1 Å². The zero-order valence-electron chi connectivity index (χ0n) is 18.6. The largest absolute Gasteiger partial charge is 0.487 e. The van der Waals surface area contributed by atoms with E-state index in [2.05, 4.69) is 10.6 Å². The average Bonchev–Trinajstić information content (AvgIpc) is 3.34. The first-order valence-corrected chi connectivity index (χ1v) is 12.1. The normalized spacial score (nSPS) is 26.3. The number of amides is 2. The zero-order chi connectivity index (χ0) is 24.7. The Labute approximate surface area is 211 Å². The van der Waals surface area contributed by atoms with Crippen molar-refractivity contribution in [2.45, 2.75) is 37.3 Å². The molecule has 3 fully saturated rings. The highest BCUT2D eigenvalue weighted by Crippen LogP contribution is 2.55. The molecule has 2 atom stereocenters. The lowest BCUT2D eigenvalue weighted by atomic mass is 9.76. The number of carbonyl (C=O) groups is 3. The van der Waals surface area contributed by atoms with Crippen LogP contribution < -0.4 is 20.1 Å². The molecule has 1 heterocycles.